The van der Waals surface area contributed by atoms with Gasteiger partial charge in [0, 0.05) is 5.92 Å². The average Bonchev–Trinajstić information content (AvgIpc) is 2.47. The SMILES string of the molecule is CC(c1ccc(O)cc1)C(O)(O)C1C=C(O)C=CC1=NP(=O)(O)O. The van der Waals surface area contributed by atoms with Crippen LogP contribution in [0.4, 0.5) is 0 Å². The maximum atomic E-state index is 11.1. The molecule has 0 bridgehead atoms. The van der Waals surface area contributed by atoms with Crippen molar-refractivity contribution in [3.63, 3.8) is 0 Å². The van der Waals surface area contributed by atoms with Crippen LogP contribution in [-0.4, -0.2) is 41.7 Å². The van der Waals surface area contributed by atoms with E-state index in [0.717, 1.165) is 18.2 Å². The molecule has 0 heterocycles. The Bertz CT molecular complexity index is 746. The third kappa shape index (κ3) is 4.11. The van der Waals surface area contributed by atoms with Gasteiger partial charge in [0.05, 0.1) is 11.6 Å². The van der Waals surface area contributed by atoms with Crippen molar-refractivity contribution in [3.8, 4) is 5.75 Å². The van der Waals surface area contributed by atoms with Gasteiger partial charge in [-0.3, -0.25) is 0 Å². The van der Waals surface area contributed by atoms with Crippen LogP contribution in [0.1, 0.15) is 18.4 Å². The first-order chi connectivity index (χ1) is 11.0. The van der Waals surface area contributed by atoms with E-state index < -0.39 is 25.4 Å². The average molecular weight is 355 g/mol. The van der Waals surface area contributed by atoms with E-state index in [1.165, 1.54) is 31.2 Å². The number of aliphatic hydroxyl groups is 3. The summed E-state index contributed by atoms with van der Waals surface area (Å²) < 4.78 is 14.4. The molecule has 0 radical (unpaired) electrons. The highest BCUT2D eigenvalue weighted by Gasteiger charge is 2.43. The minimum absolute atomic E-state index is 0.00863. The number of allylic oxidation sites excluding steroid dienone is 2. The topological polar surface area (TPSA) is 151 Å². The Balaban J connectivity index is 2.44. The molecule has 0 aromatic heterocycles. The molecule has 9 heteroatoms. The lowest BCUT2D eigenvalue weighted by atomic mass is 9.79. The first-order valence-corrected chi connectivity index (χ1v) is 8.55. The highest BCUT2D eigenvalue weighted by Crippen LogP contribution is 2.41. The van der Waals surface area contributed by atoms with Gasteiger partial charge in [0.2, 0.25) is 0 Å². The molecule has 8 nitrogen and oxygen atoms in total. The van der Waals surface area contributed by atoms with E-state index in [2.05, 4.69) is 4.76 Å². The van der Waals surface area contributed by atoms with Crippen molar-refractivity contribution in [3.05, 3.63) is 53.8 Å². The second kappa shape index (κ2) is 6.51. The minimum Gasteiger partial charge on any atom is -0.508 e. The molecule has 24 heavy (non-hydrogen) atoms. The summed E-state index contributed by atoms with van der Waals surface area (Å²) >= 11 is 0. The summed E-state index contributed by atoms with van der Waals surface area (Å²) in [4.78, 5) is 18.0. The summed E-state index contributed by atoms with van der Waals surface area (Å²) in [6.07, 6.45) is 3.32. The third-order valence-corrected chi connectivity index (χ3v) is 4.31. The summed E-state index contributed by atoms with van der Waals surface area (Å²) in [5.41, 5.74) is 0.201. The van der Waals surface area contributed by atoms with Crippen molar-refractivity contribution < 1.29 is 34.8 Å². The van der Waals surface area contributed by atoms with Gasteiger partial charge < -0.3 is 30.2 Å². The second-order valence-electron chi connectivity index (χ2n) is 5.54. The molecule has 0 spiro atoms. The largest absolute Gasteiger partial charge is 0.508 e. The van der Waals surface area contributed by atoms with Gasteiger partial charge in [-0.15, -0.1) is 0 Å². The molecule has 130 valence electrons. The highest BCUT2D eigenvalue weighted by molar-refractivity contribution is 7.50. The molecule has 2 atom stereocenters. The zero-order chi connectivity index (χ0) is 18.1. The molecule has 1 aromatic rings. The summed E-state index contributed by atoms with van der Waals surface area (Å²) in [6.45, 7) is 1.49. The van der Waals surface area contributed by atoms with Crippen LogP contribution >= 0.6 is 7.75 Å². The van der Waals surface area contributed by atoms with Gasteiger partial charge in [-0.25, -0.2) is 4.57 Å². The van der Waals surface area contributed by atoms with Gasteiger partial charge in [0.1, 0.15) is 11.5 Å². The Hall–Kier alpha value is -1.96. The molecule has 6 N–H and O–H groups in total. The summed E-state index contributed by atoms with van der Waals surface area (Å²) in [7, 11) is -4.80. The summed E-state index contributed by atoms with van der Waals surface area (Å²) in [6, 6.07) is 5.73. The maximum absolute atomic E-state index is 11.1. The van der Waals surface area contributed by atoms with Crippen LogP contribution in [0.25, 0.3) is 0 Å². The number of rotatable bonds is 4. The second-order valence-corrected chi connectivity index (χ2v) is 6.76. The molecule has 0 aliphatic heterocycles. The number of benzene rings is 1. The Morgan fingerprint density at radius 1 is 1.12 bits per heavy atom. The van der Waals surface area contributed by atoms with Crippen molar-refractivity contribution in [1.29, 1.82) is 0 Å². The van der Waals surface area contributed by atoms with E-state index in [4.69, 9.17) is 9.79 Å². The lowest BCUT2D eigenvalue weighted by Crippen LogP contribution is -2.46. The Morgan fingerprint density at radius 3 is 2.25 bits per heavy atom. The first-order valence-electron chi connectivity index (χ1n) is 6.99. The van der Waals surface area contributed by atoms with E-state index in [1.54, 1.807) is 0 Å². The molecule has 2 unspecified atom stereocenters. The number of aromatic hydroxyl groups is 1. The first kappa shape index (κ1) is 18.4. The van der Waals surface area contributed by atoms with Crippen LogP contribution in [-0.2, 0) is 4.57 Å². The van der Waals surface area contributed by atoms with Crippen LogP contribution in [0, 0.1) is 5.92 Å². The van der Waals surface area contributed by atoms with E-state index >= 15 is 0 Å². The van der Waals surface area contributed by atoms with E-state index in [-0.39, 0.29) is 17.2 Å². The van der Waals surface area contributed by atoms with Crippen LogP contribution in [0.3, 0.4) is 0 Å². The fourth-order valence-electron chi connectivity index (χ4n) is 2.45. The Morgan fingerprint density at radius 2 is 1.71 bits per heavy atom. The zero-order valence-corrected chi connectivity index (χ0v) is 13.6. The monoisotopic (exact) mass is 355 g/mol. The number of phenols is 1. The molecule has 2 rings (SSSR count). The van der Waals surface area contributed by atoms with Crippen LogP contribution in [0.15, 0.2) is 53.0 Å². The smallest absolute Gasteiger partial charge is 0.448 e. The molecule has 0 fully saturated rings. The van der Waals surface area contributed by atoms with Crippen LogP contribution in [0.2, 0.25) is 0 Å². The molecule has 1 aromatic carbocycles. The summed E-state index contributed by atoms with van der Waals surface area (Å²) in [5.74, 6) is -5.05. The fraction of sp³-hybridized carbons (Fsp3) is 0.267. The maximum Gasteiger partial charge on any atom is 0.448 e. The molecule has 0 saturated heterocycles. The van der Waals surface area contributed by atoms with Gasteiger partial charge >= 0.3 is 7.75 Å². The van der Waals surface area contributed by atoms with Gasteiger partial charge in [-0.2, -0.15) is 4.76 Å². The van der Waals surface area contributed by atoms with E-state index in [0.29, 0.717) is 5.56 Å². The van der Waals surface area contributed by atoms with Gasteiger partial charge in [-0.05, 0) is 35.9 Å². The van der Waals surface area contributed by atoms with E-state index in [1.807, 2.05) is 0 Å². The Kier molecular flexibility index (Phi) is 4.98. The lowest BCUT2D eigenvalue weighted by Gasteiger charge is -2.36. The molecule has 0 saturated carbocycles. The fourth-order valence-corrected chi connectivity index (χ4v) is 2.94. The predicted molar refractivity (Wildman–Crippen MR) is 86.5 cm³/mol. The standard InChI is InChI=1S/C15H18NO7P/c1-9(10-2-4-11(17)5-3-10)15(19,20)13-8-12(18)6-7-14(13)16-24(21,22)23/h2-9,13,17-20H,1H3,(H2,21,22,23). The van der Waals surface area contributed by atoms with Crippen LogP contribution in [0.5, 0.6) is 5.75 Å². The van der Waals surface area contributed by atoms with Gasteiger partial charge in [-0.1, -0.05) is 19.1 Å². The van der Waals surface area contributed by atoms with Crippen molar-refractivity contribution >= 4 is 13.5 Å². The minimum atomic E-state index is -4.80. The van der Waals surface area contributed by atoms with E-state index in [9.17, 15) is 25.0 Å². The van der Waals surface area contributed by atoms with Gasteiger partial charge in [0.25, 0.3) is 0 Å². The lowest BCUT2D eigenvalue weighted by molar-refractivity contribution is -0.188. The van der Waals surface area contributed by atoms with Crippen molar-refractivity contribution in [2.75, 3.05) is 0 Å². The van der Waals surface area contributed by atoms with Crippen molar-refractivity contribution in [2.24, 2.45) is 10.7 Å². The summed E-state index contributed by atoms with van der Waals surface area (Å²) in [5, 5.41) is 40.1. The quantitative estimate of drug-likeness (QED) is 0.352. The normalized spacial score (nSPS) is 21.6. The third-order valence-electron chi connectivity index (χ3n) is 3.81. The van der Waals surface area contributed by atoms with Gasteiger partial charge in [0.15, 0.2) is 5.79 Å². The molecular weight excluding hydrogens is 337 g/mol. The zero-order valence-electron chi connectivity index (χ0n) is 12.7. The Labute approximate surface area is 138 Å². The number of nitrogens with zero attached hydrogens (tertiary/aromatic N) is 1. The molecule has 1 aliphatic rings. The highest BCUT2D eigenvalue weighted by atomic mass is 31.2. The number of hydrogen-bond acceptors (Lipinski definition) is 5. The number of aliphatic hydroxyl groups excluding tert-OH is 1. The van der Waals surface area contributed by atoms with Crippen molar-refractivity contribution in [1.82, 2.24) is 0 Å². The molecule has 1 aliphatic carbocycles. The van der Waals surface area contributed by atoms with Crippen LogP contribution < -0.4 is 0 Å². The number of hydrogen-bond donors (Lipinski definition) is 6. The number of phenolic OH excluding ortho intramolecular Hbond substituents is 1. The predicted octanol–water partition coefficient (Wildman–Crippen LogP) is 1.34. The molecule has 0 amide bonds. The molecular formula is C15H18NO7P. The van der Waals surface area contributed by atoms with Crippen molar-refractivity contribution in [2.45, 2.75) is 18.6 Å².